The number of para-hydroxylation sites is 1. The second-order valence-corrected chi connectivity index (χ2v) is 5.60. The van der Waals surface area contributed by atoms with Crippen LogP contribution in [0.2, 0.25) is 0 Å². The van der Waals surface area contributed by atoms with Crippen molar-refractivity contribution in [3.05, 3.63) is 30.3 Å². The summed E-state index contributed by atoms with van der Waals surface area (Å²) in [6.45, 7) is 5.57. The van der Waals surface area contributed by atoms with Crippen LogP contribution in [0.15, 0.2) is 30.3 Å². The van der Waals surface area contributed by atoms with E-state index in [1.807, 2.05) is 30.3 Å². The molecule has 3 heteroatoms. The van der Waals surface area contributed by atoms with Crippen LogP contribution in [0.4, 0.5) is 0 Å². The van der Waals surface area contributed by atoms with E-state index in [0.29, 0.717) is 25.2 Å². The average Bonchev–Trinajstić information content (AvgIpc) is 2.42. The van der Waals surface area contributed by atoms with Gasteiger partial charge in [0, 0.05) is 18.6 Å². The molecule has 3 nitrogen and oxygen atoms in total. The zero-order chi connectivity index (χ0) is 13.7. The van der Waals surface area contributed by atoms with Crippen LogP contribution in [0.3, 0.4) is 0 Å². The molecular weight excluding hydrogens is 238 g/mol. The molecule has 1 aromatic rings. The molecule has 0 unspecified atom stereocenters. The number of hydrogen-bond donors (Lipinski definition) is 1. The molecule has 0 bridgehead atoms. The lowest BCUT2D eigenvalue weighted by atomic mass is 9.97. The summed E-state index contributed by atoms with van der Waals surface area (Å²) in [5.74, 6) is 0.821. The number of likely N-dealkylation sites (tertiary alicyclic amines) is 1. The Morgan fingerprint density at radius 3 is 2.47 bits per heavy atom. The highest BCUT2D eigenvalue weighted by Gasteiger charge is 2.26. The van der Waals surface area contributed by atoms with E-state index >= 15 is 0 Å². The number of aliphatic hydroxyl groups is 1. The van der Waals surface area contributed by atoms with Gasteiger partial charge in [-0.25, -0.2) is 0 Å². The van der Waals surface area contributed by atoms with Crippen LogP contribution < -0.4 is 4.74 Å². The molecule has 0 saturated carbocycles. The summed E-state index contributed by atoms with van der Waals surface area (Å²) >= 11 is 0. The molecule has 2 rings (SSSR count). The predicted molar refractivity (Wildman–Crippen MR) is 77.4 cm³/mol. The number of rotatable bonds is 5. The summed E-state index contributed by atoms with van der Waals surface area (Å²) in [4.78, 5) is 2.41. The fourth-order valence-electron chi connectivity index (χ4n) is 2.84. The zero-order valence-electron chi connectivity index (χ0n) is 12.0. The molecule has 1 fully saturated rings. The van der Waals surface area contributed by atoms with Crippen molar-refractivity contribution < 1.29 is 9.84 Å². The van der Waals surface area contributed by atoms with Gasteiger partial charge in [0.2, 0.25) is 0 Å². The van der Waals surface area contributed by atoms with Gasteiger partial charge in [0.25, 0.3) is 0 Å². The standard InChI is InChI=1S/C16H25NO2/c1-13-7-6-8-14(2)17(13)11-15(18)12-19-16-9-4-3-5-10-16/h3-5,9-10,13-15,18H,6-8,11-12H2,1-2H3/t13-,14+,15-/m1/s1. The van der Waals surface area contributed by atoms with Crippen LogP contribution in [0.25, 0.3) is 0 Å². The highest BCUT2D eigenvalue weighted by Crippen LogP contribution is 2.22. The summed E-state index contributed by atoms with van der Waals surface area (Å²) in [6.07, 6.45) is 3.34. The second-order valence-electron chi connectivity index (χ2n) is 5.60. The van der Waals surface area contributed by atoms with Crippen LogP contribution in [-0.4, -0.2) is 41.3 Å². The number of hydrogen-bond acceptors (Lipinski definition) is 3. The first kappa shape index (κ1) is 14.4. The number of ether oxygens (including phenoxy) is 1. The number of piperidine rings is 1. The molecule has 1 aliphatic heterocycles. The highest BCUT2D eigenvalue weighted by molar-refractivity contribution is 5.20. The fourth-order valence-corrected chi connectivity index (χ4v) is 2.84. The van der Waals surface area contributed by atoms with Gasteiger partial charge in [-0.2, -0.15) is 0 Å². The van der Waals surface area contributed by atoms with Crippen molar-refractivity contribution in [1.82, 2.24) is 4.90 Å². The molecule has 1 heterocycles. The molecule has 3 atom stereocenters. The van der Waals surface area contributed by atoms with Crippen molar-refractivity contribution in [3.63, 3.8) is 0 Å². The van der Waals surface area contributed by atoms with Crippen molar-refractivity contribution in [2.24, 2.45) is 0 Å². The molecule has 0 aliphatic carbocycles. The Morgan fingerprint density at radius 2 is 1.84 bits per heavy atom. The Labute approximate surface area is 116 Å². The topological polar surface area (TPSA) is 32.7 Å². The van der Waals surface area contributed by atoms with Gasteiger partial charge in [-0.15, -0.1) is 0 Å². The largest absolute Gasteiger partial charge is 0.491 e. The van der Waals surface area contributed by atoms with Gasteiger partial charge in [-0.05, 0) is 38.8 Å². The Balaban J connectivity index is 1.78. The van der Waals surface area contributed by atoms with Crippen LogP contribution in [0.5, 0.6) is 5.75 Å². The quantitative estimate of drug-likeness (QED) is 0.886. The van der Waals surface area contributed by atoms with E-state index in [4.69, 9.17) is 4.74 Å². The van der Waals surface area contributed by atoms with E-state index in [1.54, 1.807) is 0 Å². The first-order valence-corrected chi connectivity index (χ1v) is 7.28. The molecule has 0 radical (unpaired) electrons. The molecule has 19 heavy (non-hydrogen) atoms. The molecule has 0 spiro atoms. The van der Waals surface area contributed by atoms with Gasteiger partial charge in [-0.3, -0.25) is 4.90 Å². The molecule has 1 N–H and O–H groups in total. The Morgan fingerprint density at radius 1 is 1.21 bits per heavy atom. The molecule has 0 aromatic heterocycles. The van der Waals surface area contributed by atoms with Crippen molar-refractivity contribution in [1.29, 1.82) is 0 Å². The van der Waals surface area contributed by atoms with Gasteiger partial charge in [0.15, 0.2) is 0 Å². The first-order chi connectivity index (χ1) is 9.16. The van der Waals surface area contributed by atoms with Gasteiger partial charge in [0.1, 0.15) is 18.5 Å². The molecule has 106 valence electrons. The molecule has 1 aromatic carbocycles. The second kappa shape index (κ2) is 6.92. The number of benzene rings is 1. The Hall–Kier alpha value is -1.06. The van der Waals surface area contributed by atoms with Gasteiger partial charge >= 0.3 is 0 Å². The third kappa shape index (κ3) is 4.22. The Bertz CT molecular complexity index is 358. The third-order valence-corrected chi connectivity index (χ3v) is 3.98. The van der Waals surface area contributed by atoms with Gasteiger partial charge < -0.3 is 9.84 Å². The van der Waals surface area contributed by atoms with E-state index in [1.165, 1.54) is 19.3 Å². The van der Waals surface area contributed by atoms with Crippen LogP contribution in [-0.2, 0) is 0 Å². The zero-order valence-corrected chi connectivity index (χ0v) is 12.0. The number of β-amino-alcohol motifs (C(OH)–C–C–N with tert-alkyl or cyclic N) is 1. The summed E-state index contributed by atoms with van der Waals surface area (Å²) in [6, 6.07) is 10.8. The predicted octanol–water partition coefficient (Wildman–Crippen LogP) is 2.69. The molecular formula is C16H25NO2. The summed E-state index contributed by atoms with van der Waals surface area (Å²) < 4.78 is 5.60. The highest BCUT2D eigenvalue weighted by atomic mass is 16.5. The summed E-state index contributed by atoms with van der Waals surface area (Å²) in [7, 11) is 0. The van der Waals surface area contributed by atoms with Crippen molar-refractivity contribution >= 4 is 0 Å². The van der Waals surface area contributed by atoms with Crippen molar-refractivity contribution in [2.45, 2.75) is 51.3 Å². The minimum absolute atomic E-state index is 0.361. The van der Waals surface area contributed by atoms with Crippen LogP contribution >= 0.6 is 0 Å². The normalized spacial score (nSPS) is 26.1. The maximum atomic E-state index is 10.1. The van der Waals surface area contributed by atoms with E-state index in [0.717, 1.165) is 5.75 Å². The SMILES string of the molecule is C[C@@H]1CCC[C@H](C)N1C[C@@H](O)COc1ccccc1. The lowest BCUT2D eigenvalue weighted by molar-refractivity contribution is 0.0209. The van der Waals surface area contributed by atoms with Crippen LogP contribution in [0.1, 0.15) is 33.1 Å². The van der Waals surface area contributed by atoms with E-state index in [9.17, 15) is 5.11 Å². The first-order valence-electron chi connectivity index (χ1n) is 7.28. The number of aliphatic hydroxyl groups excluding tert-OH is 1. The van der Waals surface area contributed by atoms with Gasteiger partial charge in [0.05, 0.1) is 0 Å². The minimum atomic E-state index is -0.428. The van der Waals surface area contributed by atoms with E-state index < -0.39 is 6.10 Å². The summed E-state index contributed by atoms with van der Waals surface area (Å²) in [5.41, 5.74) is 0. The maximum Gasteiger partial charge on any atom is 0.119 e. The van der Waals surface area contributed by atoms with Gasteiger partial charge in [-0.1, -0.05) is 24.6 Å². The van der Waals surface area contributed by atoms with Crippen LogP contribution in [0, 0.1) is 0 Å². The molecule has 1 saturated heterocycles. The van der Waals surface area contributed by atoms with Crippen molar-refractivity contribution in [2.75, 3.05) is 13.2 Å². The monoisotopic (exact) mass is 263 g/mol. The molecule has 0 amide bonds. The average molecular weight is 263 g/mol. The minimum Gasteiger partial charge on any atom is -0.491 e. The lowest BCUT2D eigenvalue weighted by Crippen LogP contribution is -2.48. The molecule has 1 aliphatic rings. The smallest absolute Gasteiger partial charge is 0.119 e. The van der Waals surface area contributed by atoms with E-state index in [-0.39, 0.29) is 0 Å². The lowest BCUT2D eigenvalue weighted by Gasteiger charge is -2.40. The van der Waals surface area contributed by atoms with E-state index in [2.05, 4.69) is 18.7 Å². The Kier molecular flexibility index (Phi) is 5.23. The third-order valence-electron chi connectivity index (χ3n) is 3.98. The summed E-state index contributed by atoms with van der Waals surface area (Å²) in [5, 5.41) is 10.1. The fraction of sp³-hybridized carbons (Fsp3) is 0.625. The maximum absolute atomic E-state index is 10.1. The number of nitrogens with zero attached hydrogens (tertiary/aromatic N) is 1. The van der Waals surface area contributed by atoms with Crippen molar-refractivity contribution in [3.8, 4) is 5.75 Å².